The summed E-state index contributed by atoms with van der Waals surface area (Å²) < 4.78 is 5.10. The van der Waals surface area contributed by atoms with Crippen LogP contribution < -0.4 is 0 Å². The largest absolute Gasteiger partial charge is 0.440 e. The van der Waals surface area contributed by atoms with Gasteiger partial charge in [-0.2, -0.15) is 5.26 Å². The number of hydrogen-bond acceptors (Lipinski definition) is 3. The molecular weight excluding hydrogens is 228 g/mol. The Balaban J connectivity index is 2.07. The van der Waals surface area contributed by atoms with Gasteiger partial charge < -0.3 is 9.32 Å². The minimum Gasteiger partial charge on any atom is -0.440 e. The fourth-order valence-corrected chi connectivity index (χ4v) is 1.63. The second-order valence-corrected chi connectivity index (χ2v) is 3.92. The number of rotatable bonds is 3. The standard InChI is InChI=1S/C14H12N2O2/c1-16(10-11-5-3-2-4-6-11)14(17)13-8-7-12(9-15)18-13/h2-8H,10H2,1H3. The average Bonchev–Trinajstić information content (AvgIpc) is 2.87. The van der Waals surface area contributed by atoms with Gasteiger partial charge in [-0.25, -0.2) is 0 Å². The SMILES string of the molecule is CN(Cc1ccccc1)C(=O)c1ccc(C#N)o1. The topological polar surface area (TPSA) is 57.2 Å². The molecule has 0 atom stereocenters. The van der Waals surface area contributed by atoms with Crippen LogP contribution in [-0.2, 0) is 6.54 Å². The molecule has 2 rings (SSSR count). The highest BCUT2D eigenvalue weighted by atomic mass is 16.3. The van der Waals surface area contributed by atoms with E-state index in [1.54, 1.807) is 11.9 Å². The number of hydrogen-bond donors (Lipinski definition) is 0. The van der Waals surface area contributed by atoms with Crippen LogP contribution in [0.1, 0.15) is 21.9 Å². The second-order valence-electron chi connectivity index (χ2n) is 3.92. The van der Waals surface area contributed by atoms with E-state index in [0.717, 1.165) is 5.56 Å². The van der Waals surface area contributed by atoms with E-state index < -0.39 is 0 Å². The number of amides is 1. The van der Waals surface area contributed by atoms with E-state index in [9.17, 15) is 4.79 Å². The van der Waals surface area contributed by atoms with Gasteiger partial charge in [0.05, 0.1) is 0 Å². The molecule has 1 heterocycles. The van der Waals surface area contributed by atoms with E-state index in [-0.39, 0.29) is 17.4 Å². The fourth-order valence-electron chi connectivity index (χ4n) is 1.63. The minimum absolute atomic E-state index is 0.145. The van der Waals surface area contributed by atoms with Crippen LogP contribution in [0.5, 0.6) is 0 Å². The first-order valence-electron chi connectivity index (χ1n) is 5.50. The Bertz CT molecular complexity index is 581. The second kappa shape index (κ2) is 5.19. The molecule has 0 aliphatic heterocycles. The van der Waals surface area contributed by atoms with Crippen LogP contribution in [0.3, 0.4) is 0 Å². The van der Waals surface area contributed by atoms with Crippen LogP contribution in [0, 0.1) is 11.3 Å². The zero-order valence-corrected chi connectivity index (χ0v) is 9.96. The highest BCUT2D eigenvalue weighted by Crippen LogP contribution is 2.11. The smallest absolute Gasteiger partial charge is 0.289 e. The Morgan fingerprint density at radius 3 is 2.61 bits per heavy atom. The first kappa shape index (κ1) is 11.9. The third-order valence-corrected chi connectivity index (χ3v) is 2.54. The Hall–Kier alpha value is -2.54. The van der Waals surface area contributed by atoms with Crippen molar-refractivity contribution in [2.75, 3.05) is 7.05 Å². The van der Waals surface area contributed by atoms with E-state index in [2.05, 4.69) is 0 Å². The van der Waals surface area contributed by atoms with Gasteiger partial charge in [-0.3, -0.25) is 4.79 Å². The molecule has 0 saturated carbocycles. The molecule has 0 N–H and O–H groups in total. The minimum atomic E-state index is -0.236. The van der Waals surface area contributed by atoms with Crippen molar-refractivity contribution in [1.82, 2.24) is 4.90 Å². The zero-order valence-electron chi connectivity index (χ0n) is 9.96. The molecule has 0 bridgehead atoms. The first-order chi connectivity index (χ1) is 8.70. The fraction of sp³-hybridized carbons (Fsp3) is 0.143. The molecule has 1 aromatic heterocycles. The van der Waals surface area contributed by atoms with Crippen LogP contribution in [0.15, 0.2) is 46.9 Å². The lowest BCUT2D eigenvalue weighted by atomic mass is 10.2. The summed E-state index contributed by atoms with van der Waals surface area (Å²) in [4.78, 5) is 13.6. The summed E-state index contributed by atoms with van der Waals surface area (Å²) in [6, 6.07) is 14.5. The maximum Gasteiger partial charge on any atom is 0.289 e. The number of nitriles is 1. The molecule has 4 heteroatoms. The van der Waals surface area contributed by atoms with Crippen molar-refractivity contribution >= 4 is 5.91 Å². The highest BCUT2D eigenvalue weighted by Gasteiger charge is 2.16. The molecular formula is C14H12N2O2. The lowest BCUT2D eigenvalue weighted by molar-refractivity contribution is 0.0753. The van der Waals surface area contributed by atoms with Gasteiger partial charge in [0, 0.05) is 13.6 Å². The van der Waals surface area contributed by atoms with Gasteiger partial charge in [-0.1, -0.05) is 30.3 Å². The molecule has 0 saturated heterocycles. The Morgan fingerprint density at radius 2 is 2.00 bits per heavy atom. The first-order valence-corrected chi connectivity index (χ1v) is 5.50. The van der Waals surface area contributed by atoms with Gasteiger partial charge in [-0.15, -0.1) is 0 Å². The van der Waals surface area contributed by atoms with E-state index >= 15 is 0 Å². The molecule has 0 unspecified atom stereocenters. The van der Waals surface area contributed by atoms with E-state index in [1.807, 2.05) is 36.4 Å². The van der Waals surface area contributed by atoms with Gasteiger partial charge in [0.2, 0.25) is 5.76 Å². The summed E-state index contributed by atoms with van der Waals surface area (Å²) >= 11 is 0. The van der Waals surface area contributed by atoms with Crippen molar-refractivity contribution < 1.29 is 9.21 Å². The molecule has 0 spiro atoms. The van der Waals surface area contributed by atoms with Gasteiger partial charge >= 0.3 is 0 Å². The van der Waals surface area contributed by atoms with Gasteiger partial charge in [-0.05, 0) is 17.7 Å². The number of carbonyl (C=O) groups is 1. The summed E-state index contributed by atoms with van der Waals surface area (Å²) in [5.74, 6) is 0.0943. The van der Waals surface area contributed by atoms with Gasteiger partial charge in [0.25, 0.3) is 5.91 Å². The number of furan rings is 1. The van der Waals surface area contributed by atoms with Crippen molar-refractivity contribution in [1.29, 1.82) is 5.26 Å². The zero-order chi connectivity index (χ0) is 13.0. The predicted octanol–water partition coefficient (Wildman–Crippen LogP) is 2.42. The van der Waals surface area contributed by atoms with Gasteiger partial charge in [0.15, 0.2) is 5.76 Å². The van der Waals surface area contributed by atoms with Crippen LogP contribution in [0.2, 0.25) is 0 Å². The van der Waals surface area contributed by atoms with Gasteiger partial charge in [0.1, 0.15) is 6.07 Å². The molecule has 1 aromatic carbocycles. The summed E-state index contributed by atoms with van der Waals surface area (Å²) in [5, 5.41) is 8.64. The van der Waals surface area contributed by atoms with Crippen molar-refractivity contribution in [3.63, 3.8) is 0 Å². The normalized spacial score (nSPS) is 9.78. The monoisotopic (exact) mass is 240 g/mol. The maximum absolute atomic E-state index is 12.0. The quantitative estimate of drug-likeness (QED) is 0.827. The molecule has 0 aliphatic rings. The molecule has 90 valence electrons. The molecule has 18 heavy (non-hydrogen) atoms. The number of benzene rings is 1. The molecule has 4 nitrogen and oxygen atoms in total. The van der Waals surface area contributed by atoms with Crippen molar-refractivity contribution in [3.8, 4) is 6.07 Å². The highest BCUT2D eigenvalue weighted by molar-refractivity contribution is 5.91. The summed E-state index contributed by atoms with van der Waals surface area (Å²) in [7, 11) is 1.70. The van der Waals surface area contributed by atoms with Crippen molar-refractivity contribution in [3.05, 3.63) is 59.5 Å². The van der Waals surface area contributed by atoms with E-state index in [1.165, 1.54) is 12.1 Å². The number of nitrogens with zero attached hydrogens (tertiary/aromatic N) is 2. The molecule has 0 fully saturated rings. The van der Waals surface area contributed by atoms with Crippen LogP contribution >= 0.6 is 0 Å². The summed E-state index contributed by atoms with van der Waals surface area (Å²) in [6.45, 7) is 0.502. The molecule has 0 aliphatic carbocycles. The van der Waals surface area contributed by atoms with E-state index in [0.29, 0.717) is 6.54 Å². The molecule has 1 amide bonds. The summed E-state index contributed by atoms with van der Waals surface area (Å²) in [6.07, 6.45) is 0. The molecule has 2 aromatic rings. The Kier molecular flexibility index (Phi) is 3.44. The third kappa shape index (κ3) is 2.58. The third-order valence-electron chi connectivity index (χ3n) is 2.54. The van der Waals surface area contributed by atoms with Crippen molar-refractivity contribution in [2.24, 2.45) is 0 Å². The Labute approximate surface area is 105 Å². The predicted molar refractivity (Wildman–Crippen MR) is 65.7 cm³/mol. The van der Waals surface area contributed by atoms with E-state index in [4.69, 9.17) is 9.68 Å². The molecule has 0 radical (unpaired) electrons. The van der Waals surface area contributed by atoms with Crippen molar-refractivity contribution in [2.45, 2.75) is 6.54 Å². The van der Waals surface area contributed by atoms with Crippen LogP contribution in [-0.4, -0.2) is 17.9 Å². The number of carbonyl (C=O) groups excluding carboxylic acids is 1. The summed E-state index contributed by atoms with van der Waals surface area (Å²) in [5.41, 5.74) is 1.04. The average molecular weight is 240 g/mol. The van der Waals surface area contributed by atoms with Crippen LogP contribution in [0.4, 0.5) is 0 Å². The van der Waals surface area contributed by atoms with Crippen LogP contribution in [0.25, 0.3) is 0 Å². The maximum atomic E-state index is 12.0. The lowest BCUT2D eigenvalue weighted by Gasteiger charge is -2.15. The Morgan fingerprint density at radius 1 is 1.28 bits per heavy atom. The lowest BCUT2D eigenvalue weighted by Crippen LogP contribution is -2.25.